The van der Waals surface area contributed by atoms with E-state index in [0.29, 0.717) is 0 Å². The maximum Gasteiger partial charge on any atom is 0.0728 e. The van der Waals surface area contributed by atoms with Crippen LogP contribution < -0.4 is 0 Å². The van der Waals surface area contributed by atoms with Gasteiger partial charge in [0, 0.05) is 11.2 Å². The van der Waals surface area contributed by atoms with Crippen molar-refractivity contribution in [3.8, 4) is 0 Å². The molecule has 1 heterocycles. The zero-order valence-electron chi connectivity index (χ0n) is 9.25. The van der Waals surface area contributed by atoms with Crippen LogP contribution >= 0.6 is 11.8 Å². The minimum atomic E-state index is -0.671. The van der Waals surface area contributed by atoms with E-state index in [1.165, 1.54) is 5.75 Å². The van der Waals surface area contributed by atoms with Crippen LogP contribution in [0.4, 0.5) is 0 Å². The quantitative estimate of drug-likeness (QED) is 0.758. The van der Waals surface area contributed by atoms with Crippen LogP contribution in [-0.2, 0) is 0 Å². The second-order valence-corrected chi connectivity index (χ2v) is 5.44. The van der Waals surface area contributed by atoms with Crippen LogP contribution in [0.2, 0.25) is 0 Å². The summed E-state index contributed by atoms with van der Waals surface area (Å²) in [6, 6.07) is 0. The molecule has 1 aliphatic rings. The molecule has 0 aromatic rings. The Kier molecular flexibility index (Phi) is 4.29. The molecule has 0 radical (unpaired) electrons. The number of hydrogen-bond acceptors (Lipinski definition) is 3. The van der Waals surface area contributed by atoms with E-state index in [1.54, 1.807) is 0 Å². The third kappa shape index (κ3) is 1.95. The lowest BCUT2D eigenvalue weighted by Gasteiger charge is -2.47. The van der Waals surface area contributed by atoms with Gasteiger partial charge >= 0.3 is 0 Å². The second kappa shape index (κ2) is 4.86. The average molecular weight is 218 g/mol. The maximum absolute atomic E-state index is 10.5. The minimum absolute atomic E-state index is 0.123. The molecule has 1 fully saturated rings. The Hall–Kier alpha value is 0.270. The number of thioether (sulfide) groups is 1. The lowest BCUT2D eigenvalue weighted by atomic mass is 9.68. The van der Waals surface area contributed by atoms with E-state index >= 15 is 0 Å². The lowest BCUT2D eigenvalue weighted by molar-refractivity contribution is -0.108. The second-order valence-electron chi connectivity index (χ2n) is 4.33. The molecule has 2 N–H and O–H groups in total. The van der Waals surface area contributed by atoms with Crippen LogP contribution in [0.25, 0.3) is 0 Å². The number of rotatable bonds is 4. The van der Waals surface area contributed by atoms with E-state index in [2.05, 4.69) is 0 Å². The summed E-state index contributed by atoms with van der Waals surface area (Å²) < 4.78 is 0. The van der Waals surface area contributed by atoms with E-state index in [9.17, 15) is 10.2 Å². The summed E-state index contributed by atoms with van der Waals surface area (Å²) in [6.45, 7) is 4.15. The molecule has 1 unspecified atom stereocenters. The summed E-state index contributed by atoms with van der Waals surface area (Å²) in [4.78, 5) is 0. The van der Waals surface area contributed by atoms with Gasteiger partial charge in [0.15, 0.2) is 0 Å². The molecule has 0 aromatic carbocycles. The molecule has 0 saturated carbocycles. The summed E-state index contributed by atoms with van der Waals surface area (Å²) in [7, 11) is 0. The predicted molar refractivity (Wildman–Crippen MR) is 61.6 cm³/mol. The first-order valence-electron chi connectivity index (χ1n) is 5.55. The average Bonchev–Trinajstić information content (AvgIpc) is 2.28. The standard InChI is InChI=1S/C11H22O2S/c1-3-11(13,4-2)10(8-12)6-5-7-14-9-10/h12-13H,3-9H2,1-2H3. The first kappa shape index (κ1) is 12.3. The van der Waals surface area contributed by atoms with Crippen molar-refractivity contribution in [3.63, 3.8) is 0 Å². The fourth-order valence-electron chi connectivity index (χ4n) is 2.49. The van der Waals surface area contributed by atoms with Crippen molar-refractivity contribution < 1.29 is 10.2 Å². The molecular weight excluding hydrogens is 196 g/mol. The highest BCUT2D eigenvalue weighted by molar-refractivity contribution is 7.99. The van der Waals surface area contributed by atoms with Crippen LogP contribution in [0.1, 0.15) is 39.5 Å². The first-order valence-corrected chi connectivity index (χ1v) is 6.70. The molecule has 1 saturated heterocycles. The van der Waals surface area contributed by atoms with Crippen LogP contribution in [-0.4, -0.2) is 33.9 Å². The predicted octanol–water partition coefficient (Wildman–Crippen LogP) is 2.04. The monoisotopic (exact) mass is 218 g/mol. The molecule has 0 spiro atoms. The third-order valence-electron chi connectivity index (χ3n) is 3.78. The van der Waals surface area contributed by atoms with Crippen molar-refractivity contribution in [1.29, 1.82) is 0 Å². The highest BCUT2D eigenvalue weighted by Gasteiger charge is 2.48. The van der Waals surface area contributed by atoms with E-state index in [0.717, 1.165) is 31.4 Å². The highest BCUT2D eigenvalue weighted by atomic mass is 32.2. The van der Waals surface area contributed by atoms with Gasteiger partial charge in [0.05, 0.1) is 12.2 Å². The van der Waals surface area contributed by atoms with Crippen molar-refractivity contribution in [2.75, 3.05) is 18.1 Å². The fourth-order valence-corrected chi connectivity index (χ4v) is 3.88. The largest absolute Gasteiger partial charge is 0.396 e. The molecule has 1 atom stereocenters. The molecule has 14 heavy (non-hydrogen) atoms. The lowest BCUT2D eigenvalue weighted by Crippen LogP contribution is -2.53. The van der Waals surface area contributed by atoms with Gasteiger partial charge in [-0.15, -0.1) is 0 Å². The molecule has 3 heteroatoms. The fraction of sp³-hybridized carbons (Fsp3) is 1.00. The molecule has 0 aliphatic carbocycles. The number of hydrogen-bond donors (Lipinski definition) is 2. The minimum Gasteiger partial charge on any atom is -0.396 e. The van der Waals surface area contributed by atoms with Crippen LogP contribution in [0.3, 0.4) is 0 Å². The highest BCUT2D eigenvalue weighted by Crippen LogP contribution is 2.46. The molecule has 84 valence electrons. The van der Waals surface area contributed by atoms with Gasteiger partial charge < -0.3 is 10.2 Å². The van der Waals surface area contributed by atoms with Gasteiger partial charge in [-0.1, -0.05) is 13.8 Å². The summed E-state index contributed by atoms with van der Waals surface area (Å²) in [5.74, 6) is 2.08. The Balaban J connectivity index is 2.85. The van der Waals surface area contributed by atoms with Crippen LogP contribution in [0.15, 0.2) is 0 Å². The molecule has 1 rings (SSSR count). The molecule has 1 aliphatic heterocycles. The Bertz CT molecular complexity index is 172. The van der Waals surface area contributed by atoms with Crippen LogP contribution in [0, 0.1) is 5.41 Å². The van der Waals surface area contributed by atoms with Gasteiger partial charge in [0.2, 0.25) is 0 Å². The van der Waals surface area contributed by atoms with Gasteiger partial charge in [0.25, 0.3) is 0 Å². The normalized spacial score (nSPS) is 29.1. The van der Waals surface area contributed by atoms with Crippen LogP contribution in [0.5, 0.6) is 0 Å². The van der Waals surface area contributed by atoms with E-state index in [4.69, 9.17) is 0 Å². The van der Waals surface area contributed by atoms with Crippen molar-refractivity contribution in [2.24, 2.45) is 5.41 Å². The van der Waals surface area contributed by atoms with E-state index in [1.807, 2.05) is 25.6 Å². The Labute approximate surface area is 91.1 Å². The maximum atomic E-state index is 10.5. The molecule has 0 amide bonds. The van der Waals surface area contributed by atoms with Crippen molar-refractivity contribution in [2.45, 2.75) is 45.1 Å². The topological polar surface area (TPSA) is 40.5 Å². The Morgan fingerprint density at radius 1 is 1.36 bits per heavy atom. The summed E-state index contributed by atoms with van der Waals surface area (Å²) in [6.07, 6.45) is 3.57. The zero-order chi connectivity index (χ0) is 10.7. The molecular formula is C11H22O2S. The Morgan fingerprint density at radius 3 is 2.36 bits per heavy atom. The number of aliphatic hydroxyl groups excluding tert-OH is 1. The summed E-state index contributed by atoms with van der Waals surface area (Å²) >= 11 is 1.86. The van der Waals surface area contributed by atoms with Crippen molar-refractivity contribution in [3.05, 3.63) is 0 Å². The van der Waals surface area contributed by atoms with E-state index in [-0.39, 0.29) is 12.0 Å². The summed E-state index contributed by atoms with van der Waals surface area (Å²) in [5, 5.41) is 20.1. The third-order valence-corrected chi connectivity index (χ3v) is 5.12. The number of aliphatic hydroxyl groups is 2. The summed E-state index contributed by atoms with van der Waals surface area (Å²) in [5.41, 5.74) is -0.922. The van der Waals surface area contributed by atoms with Gasteiger partial charge in [-0.25, -0.2) is 0 Å². The van der Waals surface area contributed by atoms with Gasteiger partial charge in [-0.05, 0) is 31.4 Å². The smallest absolute Gasteiger partial charge is 0.0728 e. The first-order chi connectivity index (χ1) is 6.64. The van der Waals surface area contributed by atoms with Crippen molar-refractivity contribution >= 4 is 11.8 Å². The zero-order valence-corrected chi connectivity index (χ0v) is 10.1. The Morgan fingerprint density at radius 2 is 2.00 bits per heavy atom. The van der Waals surface area contributed by atoms with E-state index < -0.39 is 5.60 Å². The van der Waals surface area contributed by atoms with Gasteiger partial charge in [0.1, 0.15) is 0 Å². The van der Waals surface area contributed by atoms with Gasteiger partial charge in [-0.2, -0.15) is 11.8 Å². The molecule has 0 aromatic heterocycles. The molecule has 2 nitrogen and oxygen atoms in total. The van der Waals surface area contributed by atoms with Gasteiger partial charge in [-0.3, -0.25) is 0 Å². The van der Waals surface area contributed by atoms with Crippen molar-refractivity contribution in [1.82, 2.24) is 0 Å². The molecule has 0 bridgehead atoms. The SMILES string of the molecule is CCC(O)(CC)C1(CO)CCCSC1.